The third-order valence-electron chi connectivity index (χ3n) is 2.19. The molecule has 0 unspecified atom stereocenters. The van der Waals surface area contributed by atoms with Crippen molar-refractivity contribution in [2.75, 3.05) is 11.9 Å². The van der Waals surface area contributed by atoms with E-state index in [9.17, 15) is 9.59 Å². The number of benzene rings is 1. The van der Waals surface area contributed by atoms with Gasteiger partial charge >= 0.3 is 5.97 Å². The summed E-state index contributed by atoms with van der Waals surface area (Å²) in [6, 6.07) is 7.94. The number of esters is 1. The van der Waals surface area contributed by atoms with Crippen LogP contribution in [0.3, 0.4) is 0 Å². The number of anilines is 1. The number of Topliss-reactive ketones (excluding diaryl/α,β-unsaturated/α-hetero) is 1. The molecule has 1 aromatic rings. The Morgan fingerprint density at radius 1 is 1.37 bits per heavy atom. The van der Waals surface area contributed by atoms with Crippen molar-refractivity contribution >= 4 is 40.0 Å². The molecule has 0 aliphatic carbocycles. The van der Waals surface area contributed by atoms with E-state index in [1.807, 2.05) is 31.2 Å². The van der Waals surface area contributed by atoms with Gasteiger partial charge in [0.25, 0.3) is 0 Å². The number of nitrogens with one attached hydrogen (secondary N) is 1. The highest BCUT2D eigenvalue weighted by molar-refractivity contribution is 14.1. The van der Waals surface area contributed by atoms with E-state index >= 15 is 0 Å². The Kier molecular flexibility index (Phi) is 6.55. The Labute approximate surface area is 126 Å². The SMILES string of the molecule is CC(=O)CC(=O)OCC=C(C)Nc1cccc(I)c1. The maximum Gasteiger partial charge on any atom is 0.313 e. The average molecular weight is 373 g/mol. The molecule has 1 rings (SSSR count). The fraction of sp³-hybridized carbons (Fsp3) is 0.286. The zero-order valence-corrected chi connectivity index (χ0v) is 13.1. The van der Waals surface area contributed by atoms with Gasteiger partial charge in [0.15, 0.2) is 0 Å². The van der Waals surface area contributed by atoms with Crippen LogP contribution in [0.4, 0.5) is 5.69 Å². The quantitative estimate of drug-likeness (QED) is 0.473. The van der Waals surface area contributed by atoms with Gasteiger partial charge in [-0.1, -0.05) is 6.07 Å². The lowest BCUT2D eigenvalue weighted by molar-refractivity contribution is -0.144. The fourth-order valence-electron chi connectivity index (χ4n) is 1.36. The predicted octanol–water partition coefficient (Wildman–Crippen LogP) is 3.13. The van der Waals surface area contributed by atoms with E-state index in [-0.39, 0.29) is 18.8 Å². The molecular weight excluding hydrogens is 357 g/mol. The van der Waals surface area contributed by atoms with E-state index in [2.05, 4.69) is 27.9 Å². The number of carbonyl (C=O) groups is 2. The van der Waals surface area contributed by atoms with Gasteiger partial charge in [-0.3, -0.25) is 9.59 Å². The maximum atomic E-state index is 11.1. The van der Waals surface area contributed by atoms with Crippen molar-refractivity contribution in [3.63, 3.8) is 0 Å². The Morgan fingerprint density at radius 3 is 2.74 bits per heavy atom. The molecule has 0 amide bonds. The molecule has 1 N–H and O–H groups in total. The topological polar surface area (TPSA) is 55.4 Å². The molecule has 0 saturated carbocycles. The first kappa shape index (κ1) is 15.7. The number of halogens is 1. The number of carbonyl (C=O) groups excluding carboxylic acids is 2. The molecule has 1 aromatic carbocycles. The largest absolute Gasteiger partial charge is 0.461 e. The van der Waals surface area contributed by atoms with Gasteiger partial charge in [-0.05, 0) is 60.7 Å². The molecule has 0 radical (unpaired) electrons. The van der Waals surface area contributed by atoms with Gasteiger partial charge in [0.1, 0.15) is 18.8 Å². The summed E-state index contributed by atoms with van der Waals surface area (Å²) in [5, 5.41) is 3.20. The van der Waals surface area contributed by atoms with Crippen LogP contribution in [0.5, 0.6) is 0 Å². The lowest BCUT2D eigenvalue weighted by atomic mass is 10.3. The van der Waals surface area contributed by atoms with Crippen LogP contribution in [-0.2, 0) is 14.3 Å². The van der Waals surface area contributed by atoms with Gasteiger partial charge in [-0.2, -0.15) is 0 Å². The first-order valence-electron chi connectivity index (χ1n) is 5.82. The summed E-state index contributed by atoms with van der Waals surface area (Å²) in [4.78, 5) is 21.8. The van der Waals surface area contributed by atoms with E-state index in [0.717, 1.165) is 15.0 Å². The summed E-state index contributed by atoms with van der Waals surface area (Å²) >= 11 is 2.24. The van der Waals surface area contributed by atoms with Crippen LogP contribution >= 0.6 is 22.6 Å². The van der Waals surface area contributed by atoms with Gasteiger partial charge in [-0.25, -0.2) is 0 Å². The highest BCUT2D eigenvalue weighted by Crippen LogP contribution is 2.14. The predicted molar refractivity (Wildman–Crippen MR) is 82.8 cm³/mol. The number of hydrogen-bond donors (Lipinski definition) is 1. The third kappa shape index (κ3) is 6.95. The molecule has 102 valence electrons. The van der Waals surface area contributed by atoms with Crippen molar-refractivity contribution in [1.82, 2.24) is 0 Å². The first-order valence-corrected chi connectivity index (χ1v) is 6.89. The zero-order chi connectivity index (χ0) is 14.3. The molecule has 19 heavy (non-hydrogen) atoms. The Balaban J connectivity index is 2.41. The number of rotatable bonds is 6. The van der Waals surface area contributed by atoms with Gasteiger partial charge in [0.2, 0.25) is 0 Å². The van der Waals surface area contributed by atoms with E-state index in [1.165, 1.54) is 6.92 Å². The van der Waals surface area contributed by atoms with E-state index in [1.54, 1.807) is 6.08 Å². The van der Waals surface area contributed by atoms with Crippen molar-refractivity contribution in [3.8, 4) is 0 Å². The number of hydrogen-bond acceptors (Lipinski definition) is 4. The molecule has 0 aromatic heterocycles. The third-order valence-corrected chi connectivity index (χ3v) is 2.86. The highest BCUT2D eigenvalue weighted by Gasteiger charge is 2.04. The van der Waals surface area contributed by atoms with Gasteiger partial charge in [-0.15, -0.1) is 0 Å². The van der Waals surface area contributed by atoms with Crippen LogP contribution in [0.1, 0.15) is 20.3 Å². The molecule has 5 heteroatoms. The van der Waals surface area contributed by atoms with Crippen LogP contribution in [0.25, 0.3) is 0 Å². The molecule has 0 spiro atoms. The summed E-state index contributed by atoms with van der Waals surface area (Å²) in [7, 11) is 0. The average Bonchev–Trinajstić information content (AvgIpc) is 2.27. The molecule has 0 bridgehead atoms. The van der Waals surface area contributed by atoms with E-state index in [4.69, 9.17) is 4.74 Å². The van der Waals surface area contributed by atoms with Crippen molar-refractivity contribution in [2.45, 2.75) is 20.3 Å². The standard InChI is InChI=1S/C14H16INO3/c1-10(6-7-19-14(18)8-11(2)17)16-13-5-3-4-12(15)9-13/h3-6,9,16H,7-8H2,1-2H3. The molecule has 0 aliphatic rings. The van der Waals surface area contributed by atoms with Crippen molar-refractivity contribution in [3.05, 3.63) is 39.6 Å². The summed E-state index contributed by atoms with van der Waals surface area (Å²) in [5.41, 5.74) is 1.87. The lowest BCUT2D eigenvalue weighted by Gasteiger charge is -2.07. The van der Waals surface area contributed by atoms with Crippen LogP contribution in [0.15, 0.2) is 36.0 Å². The zero-order valence-electron chi connectivity index (χ0n) is 10.9. The Bertz CT molecular complexity index is 497. The second-order valence-electron chi connectivity index (χ2n) is 4.08. The molecular formula is C14H16INO3. The van der Waals surface area contributed by atoms with Crippen molar-refractivity contribution in [2.24, 2.45) is 0 Å². The highest BCUT2D eigenvalue weighted by atomic mass is 127. The van der Waals surface area contributed by atoms with E-state index < -0.39 is 5.97 Å². The van der Waals surface area contributed by atoms with Crippen LogP contribution < -0.4 is 5.32 Å². The van der Waals surface area contributed by atoms with E-state index in [0.29, 0.717) is 0 Å². The minimum Gasteiger partial charge on any atom is -0.461 e. The molecule has 0 aliphatic heterocycles. The summed E-state index contributed by atoms with van der Waals surface area (Å²) in [6.45, 7) is 3.41. The summed E-state index contributed by atoms with van der Waals surface area (Å²) < 4.78 is 6.05. The smallest absolute Gasteiger partial charge is 0.313 e. The lowest BCUT2D eigenvalue weighted by Crippen LogP contribution is -2.09. The maximum absolute atomic E-state index is 11.1. The summed E-state index contributed by atoms with van der Waals surface area (Å²) in [6.07, 6.45) is 1.59. The number of ketones is 1. The Morgan fingerprint density at radius 2 is 2.11 bits per heavy atom. The van der Waals surface area contributed by atoms with Crippen LogP contribution in [0.2, 0.25) is 0 Å². The van der Waals surface area contributed by atoms with Gasteiger partial charge < -0.3 is 10.1 Å². The van der Waals surface area contributed by atoms with Crippen LogP contribution in [0, 0.1) is 3.57 Å². The molecule has 0 saturated heterocycles. The minimum absolute atomic E-state index is 0.162. The molecule has 0 atom stereocenters. The minimum atomic E-state index is -0.495. The normalized spacial score (nSPS) is 11.0. The second-order valence-corrected chi connectivity index (χ2v) is 5.33. The molecule has 0 fully saturated rings. The fourth-order valence-corrected chi connectivity index (χ4v) is 1.90. The Hall–Kier alpha value is -1.37. The van der Waals surface area contributed by atoms with Crippen molar-refractivity contribution in [1.29, 1.82) is 0 Å². The molecule has 4 nitrogen and oxygen atoms in total. The summed E-state index contributed by atoms with van der Waals surface area (Å²) in [5.74, 6) is -0.687. The van der Waals surface area contributed by atoms with Gasteiger partial charge in [0.05, 0.1) is 0 Å². The number of allylic oxidation sites excluding steroid dienone is 1. The van der Waals surface area contributed by atoms with Crippen LogP contribution in [-0.4, -0.2) is 18.4 Å². The monoisotopic (exact) mass is 373 g/mol. The number of ether oxygens (including phenoxy) is 1. The first-order chi connectivity index (χ1) is 8.97. The van der Waals surface area contributed by atoms with Crippen molar-refractivity contribution < 1.29 is 14.3 Å². The second kappa shape index (κ2) is 7.93. The van der Waals surface area contributed by atoms with Gasteiger partial charge in [0, 0.05) is 15.0 Å². The molecule has 0 heterocycles.